The molecule has 24 heavy (non-hydrogen) atoms. The number of aryl methyl sites for hydroxylation is 1. The highest BCUT2D eigenvalue weighted by Crippen LogP contribution is 2.21. The van der Waals surface area contributed by atoms with E-state index in [2.05, 4.69) is 16.4 Å². The van der Waals surface area contributed by atoms with E-state index in [4.69, 9.17) is 14.7 Å². The lowest BCUT2D eigenvalue weighted by Crippen LogP contribution is -2.21. The first-order chi connectivity index (χ1) is 11.7. The van der Waals surface area contributed by atoms with Gasteiger partial charge in [0.2, 0.25) is 0 Å². The first kappa shape index (κ1) is 17.3. The minimum atomic E-state index is -0.322. The van der Waals surface area contributed by atoms with Crippen molar-refractivity contribution in [1.82, 2.24) is 4.98 Å². The van der Waals surface area contributed by atoms with Crippen LogP contribution in [0.5, 0.6) is 11.5 Å². The van der Waals surface area contributed by atoms with Gasteiger partial charge in [-0.15, -0.1) is 0 Å². The summed E-state index contributed by atoms with van der Waals surface area (Å²) in [5, 5.41) is 11.2. The predicted molar refractivity (Wildman–Crippen MR) is 89.9 cm³/mol. The third-order valence-electron chi connectivity index (χ3n) is 3.08. The Morgan fingerprint density at radius 1 is 1.29 bits per heavy atom. The van der Waals surface area contributed by atoms with E-state index in [0.717, 1.165) is 5.56 Å². The molecule has 0 spiro atoms. The number of unbranched alkanes of at least 4 members (excludes halogenated alkanes) is 1. The van der Waals surface area contributed by atoms with Crippen LogP contribution in [0.25, 0.3) is 0 Å². The molecule has 6 heteroatoms. The van der Waals surface area contributed by atoms with E-state index < -0.39 is 0 Å². The second-order valence-electron chi connectivity index (χ2n) is 5.11. The van der Waals surface area contributed by atoms with E-state index in [1.54, 1.807) is 24.4 Å². The van der Waals surface area contributed by atoms with Crippen LogP contribution in [-0.4, -0.2) is 24.1 Å². The van der Waals surface area contributed by atoms with E-state index in [9.17, 15) is 4.79 Å². The van der Waals surface area contributed by atoms with Crippen molar-refractivity contribution >= 4 is 11.7 Å². The summed E-state index contributed by atoms with van der Waals surface area (Å²) in [6, 6.07) is 13.0. The topological polar surface area (TPSA) is 84.2 Å². The normalized spacial score (nSPS) is 9.83. The largest absolute Gasteiger partial charge is 0.490 e. The number of anilines is 1. The number of hydrogen-bond acceptors (Lipinski definition) is 5. The van der Waals surface area contributed by atoms with Gasteiger partial charge in [0.15, 0.2) is 18.2 Å². The van der Waals surface area contributed by atoms with Crippen LogP contribution in [0.2, 0.25) is 0 Å². The quantitative estimate of drug-likeness (QED) is 0.754. The Labute approximate surface area is 141 Å². The number of nitriles is 1. The van der Waals surface area contributed by atoms with E-state index in [1.807, 2.05) is 25.1 Å². The molecule has 0 saturated carbocycles. The number of hydrogen-bond donors (Lipinski definition) is 1. The number of pyridine rings is 1. The van der Waals surface area contributed by atoms with Crippen LogP contribution in [0.1, 0.15) is 18.4 Å². The number of benzene rings is 1. The van der Waals surface area contributed by atoms with Gasteiger partial charge in [-0.3, -0.25) is 4.79 Å². The maximum Gasteiger partial charge on any atom is 0.263 e. The summed E-state index contributed by atoms with van der Waals surface area (Å²) >= 11 is 0. The molecule has 1 aromatic carbocycles. The van der Waals surface area contributed by atoms with Crippen LogP contribution >= 0.6 is 0 Å². The van der Waals surface area contributed by atoms with Crippen molar-refractivity contribution in [3.8, 4) is 17.6 Å². The van der Waals surface area contributed by atoms with Gasteiger partial charge in [0, 0.05) is 12.6 Å². The molecule has 0 bridgehead atoms. The zero-order chi connectivity index (χ0) is 17.2. The van der Waals surface area contributed by atoms with Crippen molar-refractivity contribution in [2.45, 2.75) is 19.8 Å². The van der Waals surface area contributed by atoms with Gasteiger partial charge in [0.1, 0.15) is 5.75 Å². The van der Waals surface area contributed by atoms with Gasteiger partial charge in [-0.1, -0.05) is 12.1 Å². The summed E-state index contributed by atoms with van der Waals surface area (Å²) in [4.78, 5) is 16.1. The number of ether oxygens (including phenoxy) is 2. The van der Waals surface area contributed by atoms with Crippen molar-refractivity contribution in [3.63, 3.8) is 0 Å². The number of carbonyl (C=O) groups excluding carboxylic acids is 1. The minimum Gasteiger partial charge on any atom is -0.490 e. The van der Waals surface area contributed by atoms with E-state index in [-0.39, 0.29) is 12.5 Å². The average molecular weight is 325 g/mol. The highest BCUT2D eigenvalue weighted by molar-refractivity contribution is 5.92. The van der Waals surface area contributed by atoms with E-state index in [1.165, 1.54) is 0 Å². The first-order valence-electron chi connectivity index (χ1n) is 7.63. The Bertz CT molecular complexity index is 725. The lowest BCUT2D eigenvalue weighted by molar-refractivity contribution is -0.118. The van der Waals surface area contributed by atoms with Gasteiger partial charge >= 0.3 is 0 Å². The molecule has 0 aliphatic heterocycles. The SMILES string of the molecule is Cc1cccc(OCC(=O)Nc2ncccc2OCCCC#N)c1. The monoisotopic (exact) mass is 325 g/mol. The third-order valence-corrected chi connectivity index (χ3v) is 3.08. The molecule has 2 rings (SSSR count). The molecule has 1 amide bonds. The molecule has 1 N–H and O–H groups in total. The number of nitrogens with zero attached hydrogens (tertiary/aromatic N) is 2. The fourth-order valence-electron chi connectivity index (χ4n) is 1.96. The average Bonchev–Trinajstić information content (AvgIpc) is 2.58. The lowest BCUT2D eigenvalue weighted by Gasteiger charge is -2.11. The molecular weight excluding hydrogens is 306 g/mol. The first-order valence-corrected chi connectivity index (χ1v) is 7.63. The molecule has 124 valence electrons. The Morgan fingerprint density at radius 3 is 2.96 bits per heavy atom. The van der Waals surface area contributed by atoms with Crippen molar-refractivity contribution in [3.05, 3.63) is 48.2 Å². The maximum absolute atomic E-state index is 12.0. The predicted octanol–water partition coefficient (Wildman–Crippen LogP) is 3.09. The Hall–Kier alpha value is -3.07. The highest BCUT2D eigenvalue weighted by atomic mass is 16.5. The number of carbonyl (C=O) groups is 1. The van der Waals surface area contributed by atoms with Gasteiger partial charge in [0.05, 0.1) is 12.7 Å². The summed E-state index contributed by atoms with van der Waals surface area (Å²) < 4.78 is 11.0. The number of amides is 1. The second-order valence-corrected chi connectivity index (χ2v) is 5.11. The molecular formula is C18H19N3O3. The van der Waals surface area contributed by atoms with Crippen LogP contribution in [0.4, 0.5) is 5.82 Å². The van der Waals surface area contributed by atoms with Crippen LogP contribution in [0.15, 0.2) is 42.6 Å². The van der Waals surface area contributed by atoms with Gasteiger partial charge < -0.3 is 14.8 Å². The Morgan fingerprint density at radius 2 is 2.17 bits per heavy atom. The summed E-state index contributed by atoms with van der Waals surface area (Å²) in [6.45, 7) is 2.23. The number of nitrogens with one attached hydrogen (secondary N) is 1. The standard InChI is InChI=1S/C18H19N3O3/c1-14-6-4-7-15(12-14)24-13-17(22)21-18-16(8-5-10-20-18)23-11-3-2-9-19/h4-8,10,12H,2-3,11,13H2,1H3,(H,20,21,22). The third kappa shape index (κ3) is 5.61. The zero-order valence-electron chi connectivity index (χ0n) is 13.5. The Kier molecular flexibility index (Phi) is 6.59. The number of aromatic nitrogens is 1. The molecule has 0 atom stereocenters. The van der Waals surface area contributed by atoms with E-state index in [0.29, 0.717) is 36.8 Å². The van der Waals surface area contributed by atoms with Gasteiger partial charge in [-0.05, 0) is 43.2 Å². The highest BCUT2D eigenvalue weighted by Gasteiger charge is 2.10. The summed E-state index contributed by atoms with van der Waals surface area (Å²) in [6.07, 6.45) is 2.61. The molecule has 0 unspecified atom stereocenters. The zero-order valence-corrected chi connectivity index (χ0v) is 13.5. The van der Waals surface area contributed by atoms with Crippen LogP contribution in [0, 0.1) is 18.3 Å². The van der Waals surface area contributed by atoms with Crippen LogP contribution < -0.4 is 14.8 Å². The van der Waals surface area contributed by atoms with Crippen molar-refractivity contribution < 1.29 is 14.3 Å². The molecule has 2 aromatic rings. The lowest BCUT2D eigenvalue weighted by atomic mass is 10.2. The van der Waals surface area contributed by atoms with Gasteiger partial charge in [-0.25, -0.2) is 4.98 Å². The van der Waals surface area contributed by atoms with Crippen molar-refractivity contribution in [2.75, 3.05) is 18.5 Å². The second kappa shape index (κ2) is 9.16. The van der Waals surface area contributed by atoms with Crippen molar-refractivity contribution in [1.29, 1.82) is 5.26 Å². The fraction of sp³-hybridized carbons (Fsp3) is 0.278. The Balaban J connectivity index is 1.88. The minimum absolute atomic E-state index is 0.117. The maximum atomic E-state index is 12.0. The van der Waals surface area contributed by atoms with Crippen LogP contribution in [-0.2, 0) is 4.79 Å². The van der Waals surface area contributed by atoms with Gasteiger partial charge in [-0.2, -0.15) is 5.26 Å². The molecule has 1 aromatic heterocycles. The molecule has 0 fully saturated rings. The summed E-state index contributed by atoms with van der Waals surface area (Å²) in [5.74, 6) is 1.13. The molecule has 6 nitrogen and oxygen atoms in total. The van der Waals surface area contributed by atoms with E-state index >= 15 is 0 Å². The summed E-state index contributed by atoms with van der Waals surface area (Å²) in [5.41, 5.74) is 1.06. The smallest absolute Gasteiger partial charge is 0.263 e. The molecule has 0 aliphatic rings. The summed E-state index contributed by atoms with van der Waals surface area (Å²) in [7, 11) is 0. The molecule has 1 heterocycles. The number of rotatable bonds is 8. The molecule has 0 aliphatic carbocycles. The molecule has 0 saturated heterocycles. The fourth-order valence-corrected chi connectivity index (χ4v) is 1.96. The molecule has 0 radical (unpaired) electrons. The van der Waals surface area contributed by atoms with Gasteiger partial charge in [0.25, 0.3) is 5.91 Å². The van der Waals surface area contributed by atoms with Crippen LogP contribution in [0.3, 0.4) is 0 Å². The van der Waals surface area contributed by atoms with Crippen molar-refractivity contribution in [2.24, 2.45) is 0 Å².